The molecule has 3 rings (SSSR count). The average molecular weight is 454 g/mol. The number of allylic oxidation sites excluding steroid dienone is 3. The molecule has 1 saturated heterocycles. The Labute approximate surface area is 193 Å². The Morgan fingerprint density at radius 2 is 1.64 bits per heavy atom. The highest BCUT2D eigenvalue weighted by Crippen LogP contribution is 2.16. The lowest BCUT2D eigenvalue weighted by Crippen LogP contribution is -2.54. The van der Waals surface area contributed by atoms with Crippen LogP contribution >= 0.6 is 0 Å². The van der Waals surface area contributed by atoms with Gasteiger partial charge >= 0.3 is 5.97 Å². The first-order valence-corrected chi connectivity index (χ1v) is 11.3. The fourth-order valence-electron chi connectivity index (χ4n) is 3.82. The van der Waals surface area contributed by atoms with Gasteiger partial charge in [-0.1, -0.05) is 48.6 Å². The molecule has 2 aliphatic rings. The molecule has 4 atom stereocenters. The molecule has 1 heterocycles. The lowest BCUT2D eigenvalue weighted by atomic mass is 9.99. The number of nitrogens with one attached hydrogen (secondary N) is 3. The van der Waals surface area contributed by atoms with E-state index in [4.69, 9.17) is 4.74 Å². The molecule has 1 aliphatic heterocycles. The Morgan fingerprint density at radius 1 is 0.879 bits per heavy atom. The Kier molecular flexibility index (Phi) is 8.40. The maximum absolute atomic E-state index is 13.0. The Hall–Kier alpha value is -3.42. The highest BCUT2D eigenvalue weighted by Gasteiger charge is 2.31. The van der Waals surface area contributed by atoms with E-state index in [1.54, 1.807) is 13.8 Å². The summed E-state index contributed by atoms with van der Waals surface area (Å²) in [6.07, 6.45) is 7.56. The van der Waals surface area contributed by atoms with Crippen LogP contribution < -0.4 is 16.0 Å². The summed E-state index contributed by atoms with van der Waals surface area (Å²) in [4.78, 5) is 51.2. The molecule has 0 unspecified atom stereocenters. The molecule has 33 heavy (non-hydrogen) atoms. The van der Waals surface area contributed by atoms with Crippen molar-refractivity contribution in [2.24, 2.45) is 0 Å². The van der Waals surface area contributed by atoms with Crippen LogP contribution in [0.25, 0.3) is 0 Å². The smallest absolute Gasteiger partial charge is 0.329 e. The van der Waals surface area contributed by atoms with E-state index in [2.05, 4.69) is 16.0 Å². The topological polar surface area (TPSA) is 114 Å². The van der Waals surface area contributed by atoms with Gasteiger partial charge in [-0.05, 0) is 37.8 Å². The molecule has 0 radical (unpaired) electrons. The summed E-state index contributed by atoms with van der Waals surface area (Å²) >= 11 is 0. The Bertz CT molecular complexity index is 941. The molecular formula is C25H31N3O5. The molecule has 1 fully saturated rings. The number of hydrogen-bond acceptors (Lipinski definition) is 5. The number of benzene rings is 1. The van der Waals surface area contributed by atoms with Gasteiger partial charge in [0.05, 0.1) is 6.42 Å². The molecule has 1 aliphatic carbocycles. The van der Waals surface area contributed by atoms with E-state index in [9.17, 15) is 19.2 Å². The molecule has 1 aromatic carbocycles. The number of ether oxygens (including phenoxy) is 1. The van der Waals surface area contributed by atoms with Crippen LogP contribution in [0.2, 0.25) is 0 Å². The zero-order chi connectivity index (χ0) is 23.8. The van der Waals surface area contributed by atoms with Gasteiger partial charge in [-0.3, -0.25) is 14.4 Å². The largest absolute Gasteiger partial charge is 0.461 e. The third-order valence-corrected chi connectivity index (χ3v) is 5.59. The summed E-state index contributed by atoms with van der Waals surface area (Å²) in [6, 6.07) is 6.55. The zero-order valence-electron chi connectivity index (χ0n) is 19.0. The maximum atomic E-state index is 13.0. The van der Waals surface area contributed by atoms with Crippen LogP contribution in [0.3, 0.4) is 0 Å². The molecule has 0 aromatic heterocycles. The van der Waals surface area contributed by atoms with E-state index >= 15 is 0 Å². The number of cyclic esters (lactones) is 1. The van der Waals surface area contributed by atoms with Crippen molar-refractivity contribution in [2.45, 2.75) is 70.2 Å². The third kappa shape index (κ3) is 7.30. The Morgan fingerprint density at radius 3 is 2.33 bits per heavy atom. The van der Waals surface area contributed by atoms with Gasteiger partial charge in [-0.2, -0.15) is 0 Å². The van der Waals surface area contributed by atoms with E-state index in [1.165, 1.54) is 0 Å². The van der Waals surface area contributed by atoms with E-state index < -0.39 is 47.9 Å². The first-order chi connectivity index (χ1) is 15.8. The van der Waals surface area contributed by atoms with Crippen LogP contribution in [0.15, 0.2) is 54.1 Å². The van der Waals surface area contributed by atoms with Crippen LogP contribution in [0, 0.1) is 0 Å². The first-order valence-electron chi connectivity index (χ1n) is 11.3. The van der Waals surface area contributed by atoms with Crippen molar-refractivity contribution in [1.29, 1.82) is 0 Å². The maximum Gasteiger partial charge on any atom is 0.329 e. The van der Waals surface area contributed by atoms with Gasteiger partial charge < -0.3 is 20.7 Å². The van der Waals surface area contributed by atoms with Crippen molar-refractivity contribution in [3.8, 4) is 0 Å². The first kappa shape index (κ1) is 24.2. The van der Waals surface area contributed by atoms with Gasteiger partial charge in [0.25, 0.3) is 0 Å². The molecule has 0 saturated carbocycles. The van der Waals surface area contributed by atoms with Gasteiger partial charge in [0.2, 0.25) is 17.7 Å². The average Bonchev–Trinajstić information content (AvgIpc) is 2.79. The quantitative estimate of drug-likeness (QED) is 0.601. The van der Waals surface area contributed by atoms with Crippen molar-refractivity contribution in [3.05, 3.63) is 59.7 Å². The van der Waals surface area contributed by atoms with E-state index in [0.717, 1.165) is 24.0 Å². The van der Waals surface area contributed by atoms with Gasteiger partial charge in [-0.15, -0.1) is 0 Å². The van der Waals surface area contributed by atoms with E-state index in [-0.39, 0.29) is 12.8 Å². The summed E-state index contributed by atoms with van der Waals surface area (Å²) in [5, 5.41) is 8.10. The van der Waals surface area contributed by atoms with Gasteiger partial charge in [-0.25, -0.2) is 4.79 Å². The molecule has 3 amide bonds. The molecule has 3 N–H and O–H groups in total. The predicted octanol–water partition coefficient (Wildman–Crippen LogP) is 1.71. The number of hydrogen-bond donors (Lipinski definition) is 3. The number of esters is 1. The molecular weight excluding hydrogens is 422 g/mol. The van der Waals surface area contributed by atoms with Crippen LogP contribution in [0.5, 0.6) is 0 Å². The standard InChI is InChI=1S/C25H31N3O5/c1-16-13-22(29)27-20(14-18-9-5-3-6-10-18)24(31)26-17(2)23(30)28-21(25(32)33-16)15-19-11-7-4-8-12-19/h4-5,7-12,16-17,20-21H,3,6,13-15H2,1-2H3,(H,26,31)(H,27,29)(H,28,30)/t16-,17+,20+,21-/m1/s1. The zero-order valence-corrected chi connectivity index (χ0v) is 19.0. The second-order valence-electron chi connectivity index (χ2n) is 8.52. The second-order valence-corrected chi connectivity index (χ2v) is 8.52. The van der Waals surface area contributed by atoms with E-state index in [1.807, 2.05) is 48.6 Å². The lowest BCUT2D eigenvalue weighted by Gasteiger charge is -2.23. The number of carbonyl (C=O) groups is 4. The number of carbonyl (C=O) groups excluding carboxylic acids is 4. The summed E-state index contributed by atoms with van der Waals surface area (Å²) in [5.41, 5.74) is 1.80. The van der Waals surface area contributed by atoms with Crippen molar-refractivity contribution in [3.63, 3.8) is 0 Å². The summed E-state index contributed by atoms with van der Waals surface area (Å²) in [7, 11) is 0. The highest BCUT2D eigenvalue weighted by molar-refractivity contribution is 5.94. The summed E-state index contributed by atoms with van der Waals surface area (Å²) in [6.45, 7) is 3.15. The summed E-state index contributed by atoms with van der Waals surface area (Å²) in [5.74, 6) is -1.99. The monoisotopic (exact) mass is 453 g/mol. The van der Waals surface area contributed by atoms with Gasteiger partial charge in [0.1, 0.15) is 24.2 Å². The van der Waals surface area contributed by atoms with Crippen molar-refractivity contribution in [2.75, 3.05) is 0 Å². The van der Waals surface area contributed by atoms with Crippen LogP contribution in [0.1, 0.15) is 45.1 Å². The fourth-order valence-corrected chi connectivity index (χ4v) is 3.82. The molecule has 176 valence electrons. The summed E-state index contributed by atoms with van der Waals surface area (Å²) < 4.78 is 5.47. The molecule has 0 spiro atoms. The molecule has 8 heteroatoms. The van der Waals surface area contributed by atoms with Gasteiger partial charge in [0.15, 0.2) is 0 Å². The SMILES string of the molecule is C[C@@H]1CC(=O)N[C@@H](CC2=CCCC=C2)C(=O)N[C@@H](C)C(=O)N[C@H](Cc2ccccc2)C(=O)O1. The third-order valence-electron chi connectivity index (χ3n) is 5.59. The fraction of sp³-hybridized carbons (Fsp3) is 0.440. The van der Waals surface area contributed by atoms with Gasteiger partial charge in [0, 0.05) is 12.8 Å². The molecule has 1 aromatic rings. The van der Waals surface area contributed by atoms with Crippen molar-refractivity contribution >= 4 is 23.7 Å². The van der Waals surface area contributed by atoms with Crippen LogP contribution in [-0.4, -0.2) is 47.9 Å². The van der Waals surface area contributed by atoms with Crippen molar-refractivity contribution < 1.29 is 23.9 Å². The molecule has 8 nitrogen and oxygen atoms in total. The van der Waals surface area contributed by atoms with Crippen LogP contribution in [-0.2, 0) is 30.3 Å². The predicted molar refractivity (Wildman–Crippen MR) is 123 cm³/mol. The second kappa shape index (κ2) is 11.4. The lowest BCUT2D eigenvalue weighted by molar-refractivity contribution is -0.153. The number of rotatable bonds is 4. The minimum atomic E-state index is -0.946. The highest BCUT2D eigenvalue weighted by atomic mass is 16.5. The normalized spacial score (nSPS) is 27.0. The molecule has 0 bridgehead atoms. The Balaban J connectivity index is 1.79. The minimum Gasteiger partial charge on any atom is -0.461 e. The van der Waals surface area contributed by atoms with E-state index in [0.29, 0.717) is 6.42 Å². The minimum absolute atomic E-state index is 0.0913. The number of amides is 3. The van der Waals surface area contributed by atoms with Crippen molar-refractivity contribution in [1.82, 2.24) is 16.0 Å². The van der Waals surface area contributed by atoms with Crippen LogP contribution in [0.4, 0.5) is 0 Å².